The average Bonchev–Trinajstić information content (AvgIpc) is 3.35. The Hall–Kier alpha value is -3.59. The van der Waals surface area contributed by atoms with Gasteiger partial charge in [0.05, 0.1) is 23.8 Å². The van der Waals surface area contributed by atoms with Gasteiger partial charge in [-0.3, -0.25) is 4.57 Å². The van der Waals surface area contributed by atoms with E-state index < -0.39 is 85.5 Å². The van der Waals surface area contributed by atoms with Crippen LogP contribution in [0.25, 0.3) is 27.9 Å². The van der Waals surface area contributed by atoms with Crippen LogP contribution in [-0.4, -0.2) is 35.0 Å². The number of sulfonamides is 1. The monoisotopic (exact) mass is 518 g/mol. The quantitative estimate of drug-likeness (QED) is 0.419. The van der Waals surface area contributed by atoms with Gasteiger partial charge in [0.2, 0.25) is 10.0 Å². The number of rotatable bonds is 4. The Morgan fingerprint density at radius 3 is 2.34 bits per heavy atom. The van der Waals surface area contributed by atoms with Crippen molar-refractivity contribution < 1.29 is 39.3 Å². The fourth-order valence-electron chi connectivity index (χ4n) is 4.10. The van der Waals surface area contributed by atoms with Crippen molar-refractivity contribution in [1.29, 1.82) is 0 Å². The topological polar surface area (TPSA) is 99.1 Å². The van der Waals surface area contributed by atoms with Crippen LogP contribution in [0.15, 0.2) is 39.8 Å². The Labute approximate surface area is 191 Å². The number of imidazole rings is 1. The number of alkyl halides is 2. The first kappa shape index (κ1) is 23.2. The lowest BCUT2D eigenvalue weighted by atomic mass is 9.99. The molecule has 1 aliphatic rings. The van der Waals surface area contributed by atoms with Crippen molar-refractivity contribution >= 4 is 21.0 Å². The lowest BCUT2D eigenvalue weighted by Crippen LogP contribution is -2.44. The highest BCUT2D eigenvalue weighted by molar-refractivity contribution is 7.88. The van der Waals surface area contributed by atoms with Crippen LogP contribution >= 0.6 is 0 Å². The summed E-state index contributed by atoms with van der Waals surface area (Å²) < 4.78 is 118. The molecule has 2 aromatic heterocycles. The van der Waals surface area contributed by atoms with Crippen LogP contribution < -0.4 is 10.4 Å². The van der Waals surface area contributed by atoms with Crippen LogP contribution in [0.4, 0.5) is 26.3 Å². The number of nitrogens with one attached hydrogen (secondary N) is 1. The summed E-state index contributed by atoms with van der Waals surface area (Å²) in [6.07, 6.45) is 1.33. The molecule has 0 saturated carbocycles. The molecule has 0 bridgehead atoms. The van der Waals surface area contributed by atoms with Crippen molar-refractivity contribution in [3.8, 4) is 16.9 Å². The van der Waals surface area contributed by atoms with Gasteiger partial charge < -0.3 is 4.52 Å². The third-order valence-corrected chi connectivity index (χ3v) is 6.25. The Morgan fingerprint density at radius 1 is 1.09 bits per heavy atom. The average molecular weight is 518 g/mol. The maximum absolute atomic E-state index is 14.9. The van der Waals surface area contributed by atoms with Gasteiger partial charge in [0, 0.05) is 23.9 Å². The van der Waals surface area contributed by atoms with Crippen LogP contribution in [0.3, 0.4) is 0 Å². The fraction of sp³-hybridized carbons (Fsp3) is 0.200. The van der Waals surface area contributed by atoms with Crippen LogP contribution in [0, 0.1) is 23.3 Å². The molecule has 0 radical (unpaired) electrons. The number of aromatic nitrogens is 3. The van der Waals surface area contributed by atoms with E-state index in [0.717, 1.165) is 12.1 Å². The molecule has 1 N–H and O–H groups in total. The van der Waals surface area contributed by atoms with Crippen LogP contribution in [0.2, 0.25) is 0 Å². The van der Waals surface area contributed by atoms with Gasteiger partial charge in [-0.1, -0.05) is 5.16 Å². The predicted molar refractivity (Wildman–Crippen MR) is 109 cm³/mol. The molecule has 35 heavy (non-hydrogen) atoms. The first-order valence-corrected chi connectivity index (χ1v) is 11.6. The largest absolute Gasteiger partial charge is 0.354 e. The molecule has 1 atom stereocenters. The van der Waals surface area contributed by atoms with E-state index in [-0.39, 0.29) is 5.58 Å². The van der Waals surface area contributed by atoms with Gasteiger partial charge in [-0.05, 0) is 12.1 Å². The second-order valence-corrected chi connectivity index (χ2v) is 9.67. The van der Waals surface area contributed by atoms with Gasteiger partial charge in [-0.2, -0.15) is 8.78 Å². The Morgan fingerprint density at radius 2 is 1.74 bits per heavy atom. The summed E-state index contributed by atoms with van der Waals surface area (Å²) in [5, 5.41) is 3.17. The van der Waals surface area contributed by atoms with E-state index in [1.807, 2.05) is 0 Å². The van der Waals surface area contributed by atoms with Gasteiger partial charge in [0.15, 0.2) is 11.4 Å². The predicted octanol–water partition coefficient (Wildman–Crippen LogP) is 3.03. The smallest absolute Gasteiger partial charge is 0.334 e. The molecule has 2 aromatic carbocycles. The van der Waals surface area contributed by atoms with Gasteiger partial charge in [0.1, 0.15) is 35.0 Å². The third kappa shape index (κ3) is 3.53. The van der Waals surface area contributed by atoms with E-state index in [1.165, 1.54) is 0 Å². The molecule has 4 aromatic rings. The Balaban J connectivity index is 1.74. The highest BCUT2D eigenvalue weighted by Crippen LogP contribution is 2.40. The summed E-state index contributed by atoms with van der Waals surface area (Å²) in [7, 11) is -4.04. The zero-order valence-electron chi connectivity index (χ0n) is 17.3. The minimum atomic E-state index is -4.04. The number of halogens is 6. The lowest BCUT2D eigenvalue weighted by Gasteiger charge is -2.18. The van der Waals surface area contributed by atoms with Gasteiger partial charge in [-0.25, -0.2) is 40.1 Å². The second kappa shape index (κ2) is 7.45. The number of benzene rings is 2. The molecule has 15 heteroatoms. The minimum Gasteiger partial charge on any atom is -0.354 e. The molecule has 0 amide bonds. The van der Waals surface area contributed by atoms with Crippen LogP contribution in [0.5, 0.6) is 0 Å². The maximum atomic E-state index is 14.9. The van der Waals surface area contributed by atoms with Crippen molar-refractivity contribution in [2.24, 2.45) is 0 Å². The first-order valence-electron chi connectivity index (χ1n) is 9.70. The number of hydrogen-bond donors (Lipinski definition) is 1. The SMILES string of the molecule is CS(=O)(=O)N[C@@H]1Cn2c(cn(-c3noc4ccc(F)c(-c5c(F)cc(F)cc5F)c34)c2=O)C1(F)F. The van der Waals surface area contributed by atoms with Gasteiger partial charge >= 0.3 is 11.6 Å². The highest BCUT2D eigenvalue weighted by Gasteiger charge is 2.52. The zero-order valence-corrected chi connectivity index (χ0v) is 18.1. The third-order valence-electron chi connectivity index (χ3n) is 5.54. The van der Waals surface area contributed by atoms with Gasteiger partial charge in [0.25, 0.3) is 0 Å². The molecule has 0 saturated heterocycles. The highest BCUT2D eigenvalue weighted by atomic mass is 32.2. The number of fused-ring (bicyclic) bond motifs is 2. The molecular weight excluding hydrogens is 506 g/mol. The molecular formula is C20H12F6N4O4S. The molecule has 0 fully saturated rings. The molecule has 0 spiro atoms. The van der Waals surface area contributed by atoms with Gasteiger partial charge in [-0.15, -0.1) is 0 Å². The molecule has 5 rings (SSSR count). The summed E-state index contributed by atoms with van der Waals surface area (Å²) in [4.78, 5) is 13.0. The standard InChI is InChI=1S/C20H12F6N4O4S/c1-35(32,33)28-13-6-29-14(20(13,25)26)7-30(19(29)31)18-17-12(34-27-18)3-2-9(22)16(17)15-10(23)4-8(21)5-11(15)24/h2-5,7,13,28H,6H2,1H3/t13-/m1/s1. The molecule has 0 unspecified atom stereocenters. The van der Waals surface area contributed by atoms with Crippen molar-refractivity contribution in [3.05, 3.63) is 69.9 Å². The van der Waals surface area contributed by atoms with Crippen LogP contribution in [-0.2, 0) is 22.5 Å². The van der Waals surface area contributed by atoms with Crippen molar-refractivity contribution in [2.75, 3.05) is 6.26 Å². The van der Waals surface area contributed by atoms with Crippen molar-refractivity contribution in [2.45, 2.75) is 18.5 Å². The summed E-state index contributed by atoms with van der Waals surface area (Å²) in [6, 6.07) is 0.530. The Kier molecular flexibility index (Phi) is 4.93. The minimum absolute atomic E-state index is 0.249. The second-order valence-electron chi connectivity index (χ2n) is 7.89. The maximum Gasteiger partial charge on any atom is 0.334 e. The molecule has 184 valence electrons. The normalized spacial score (nSPS) is 17.3. The molecule has 8 nitrogen and oxygen atoms in total. The molecule has 3 heterocycles. The molecule has 0 aliphatic carbocycles. The van der Waals surface area contributed by atoms with E-state index in [2.05, 4.69) is 5.16 Å². The van der Waals surface area contributed by atoms with E-state index in [9.17, 15) is 39.6 Å². The van der Waals surface area contributed by atoms with E-state index in [0.29, 0.717) is 33.7 Å². The zero-order chi connectivity index (χ0) is 25.4. The number of hydrogen-bond acceptors (Lipinski definition) is 5. The van der Waals surface area contributed by atoms with E-state index in [4.69, 9.17) is 4.52 Å². The van der Waals surface area contributed by atoms with Crippen molar-refractivity contribution in [3.63, 3.8) is 0 Å². The van der Waals surface area contributed by atoms with Crippen LogP contribution in [0.1, 0.15) is 5.69 Å². The van der Waals surface area contributed by atoms with E-state index in [1.54, 1.807) is 4.72 Å². The fourth-order valence-corrected chi connectivity index (χ4v) is 4.84. The summed E-state index contributed by atoms with van der Waals surface area (Å²) in [5.74, 6) is -9.76. The Bertz CT molecular complexity index is 1670. The summed E-state index contributed by atoms with van der Waals surface area (Å²) >= 11 is 0. The first-order chi connectivity index (χ1) is 16.3. The van der Waals surface area contributed by atoms with Crippen molar-refractivity contribution in [1.82, 2.24) is 19.0 Å². The number of nitrogens with zero attached hydrogens (tertiary/aromatic N) is 3. The summed E-state index contributed by atoms with van der Waals surface area (Å²) in [5.41, 5.74) is -4.00. The summed E-state index contributed by atoms with van der Waals surface area (Å²) in [6.45, 7) is -0.737. The lowest BCUT2D eigenvalue weighted by molar-refractivity contribution is -0.0248. The molecule has 1 aliphatic heterocycles. The van der Waals surface area contributed by atoms with E-state index >= 15 is 0 Å².